The van der Waals surface area contributed by atoms with Gasteiger partial charge in [0.05, 0.1) is 18.2 Å². The molecule has 1 fully saturated rings. The van der Waals surface area contributed by atoms with E-state index in [1.165, 1.54) is 0 Å². The third-order valence-corrected chi connectivity index (χ3v) is 4.16. The van der Waals surface area contributed by atoms with Crippen LogP contribution < -0.4 is 20.1 Å². The molecule has 0 aromatic heterocycles. The number of rotatable bonds is 6. The van der Waals surface area contributed by atoms with Gasteiger partial charge in [-0.05, 0) is 53.9 Å². The molecule has 0 bridgehead atoms. The van der Waals surface area contributed by atoms with Crippen molar-refractivity contribution in [3.8, 4) is 11.5 Å². The van der Waals surface area contributed by atoms with E-state index in [1.807, 2.05) is 6.92 Å². The maximum Gasteiger partial charge on any atom is 0.251 e. The number of amides is 1. The smallest absolute Gasteiger partial charge is 0.251 e. The van der Waals surface area contributed by atoms with Gasteiger partial charge in [-0.1, -0.05) is 6.92 Å². The normalized spacial score (nSPS) is 17.1. The van der Waals surface area contributed by atoms with Gasteiger partial charge in [0, 0.05) is 18.2 Å². The Morgan fingerprint density at radius 1 is 1.48 bits per heavy atom. The number of nitrogens with one attached hydrogen (secondary N) is 2. The molecule has 1 aromatic carbocycles. The minimum Gasteiger partial charge on any atom is -0.493 e. The SMILES string of the molecule is CCCOc1c(Br)cc(C(=O)N[C@H]2CCCNC2)cc1OC.Cl. The van der Waals surface area contributed by atoms with Crippen molar-refractivity contribution >= 4 is 34.2 Å². The molecule has 1 aliphatic rings. The summed E-state index contributed by atoms with van der Waals surface area (Å²) in [6.45, 7) is 4.49. The van der Waals surface area contributed by atoms with Crippen molar-refractivity contribution in [3.05, 3.63) is 22.2 Å². The van der Waals surface area contributed by atoms with E-state index >= 15 is 0 Å². The zero-order chi connectivity index (χ0) is 15.9. The number of hydrogen-bond acceptors (Lipinski definition) is 4. The first-order valence-electron chi connectivity index (χ1n) is 7.67. The molecule has 1 aliphatic heterocycles. The van der Waals surface area contributed by atoms with Crippen LogP contribution >= 0.6 is 28.3 Å². The monoisotopic (exact) mass is 406 g/mol. The second-order valence-corrected chi connectivity index (χ2v) is 6.21. The van der Waals surface area contributed by atoms with Crippen molar-refractivity contribution in [2.75, 3.05) is 26.8 Å². The lowest BCUT2D eigenvalue weighted by molar-refractivity contribution is 0.0930. The van der Waals surface area contributed by atoms with Crippen LogP contribution in [0.2, 0.25) is 0 Å². The highest BCUT2D eigenvalue weighted by molar-refractivity contribution is 9.10. The lowest BCUT2D eigenvalue weighted by Crippen LogP contribution is -2.45. The van der Waals surface area contributed by atoms with Crippen LogP contribution in [0.1, 0.15) is 36.5 Å². The quantitative estimate of drug-likeness (QED) is 0.760. The Labute approximate surface area is 152 Å². The molecule has 2 N–H and O–H groups in total. The van der Waals surface area contributed by atoms with Crippen molar-refractivity contribution in [1.82, 2.24) is 10.6 Å². The van der Waals surface area contributed by atoms with Gasteiger partial charge in [-0.2, -0.15) is 0 Å². The molecule has 0 aliphatic carbocycles. The molecule has 0 unspecified atom stereocenters. The molecule has 1 heterocycles. The summed E-state index contributed by atoms with van der Waals surface area (Å²) in [6.07, 6.45) is 3.00. The number of carbonyl (C=O) groups excluding carboxylic acids is 1. The fraction of sp³-hybridized carbons (Fsp3) is 0.562. The molecule has 2 rings (SSSR count). The highest BCUT2D eigenvalue weighted by atomic mass is 79.9. The number of piperidine rings is 1. The number of hydrogen-bond donors (Lipinski definition) is 2. The fourth-order valence-corrected chi connectivity index (χ4v) is 3.00. The predicted octanol–water partition coefficient (Wildman–Crippen LogP) is 3.15. The minimum absolute atomic E-state index is 0. The number of benzene rings is 1. The summed E-state index contributed by atoms with van der Waals surface area (Å²) in [5.41, 5.74) is 0.568. The molecular formula is C16H24BrClN2O3. The maximum absolute atomic E-state index is 12.4. The summed E-state index contributed by atoms with van der Waals surface area (Å²) < 4.78 is 11.8. The Morgan fingerprint density at radius 3 is 2.87 bits per heavy atom. The van der Waals surface area contributed by atoms with E-state index in [4.69, 9.17) is 9.47 Å². The van der Waals surface area contributed by atoms with Crippen molar-refractivity contribution < 1.29 is 14.3 Å². The summed E-state index contributed by atoms with van der Waals surface area (Å²) in [6, 6.07) is 3.68. The lowest BCUT2D eigenvalue weighted by Gasteiger charge is -2.24. The number of methoxy groups -OCH3 is 1. The van der Waals surface area contributed by atoms with Gasteiger partial charge in [0.25, 0.3) is 5.91 Å². The molecule has 0 radical (unpaired) electrons. The Bertz CT molecular complexity index is 522. The van der Waals surface area contributed by atoms with Crippen molar-refractivity contribution in [2.24, 2.45) is 0 Å². The molecule has 7 heteroatoms. The van der Waals surface area contributed by atoms with E-state index in [1.54, 1.807) is 19.2 Å². The van der Waals surface area contributed by atoms with Crippen LogP contribution in [0, 0.1) is 0 Å². The Balaban J connectivity index is 0.00000264. The first kappa shape index (κ1) is 20.1. The number of ether oxygens (including phenoxy) is 2. The second-order valence-electron chi connectivity index (χ2n) is 5.35. The highest BCUT2D eigenvalue weighted by Gasteiger charge is 2.19. The van der Waals surface area contributed by atoms with Crippen LogP contribution in [0.25, 0.3) is 0 Å². The van der Waals surface area contributed by atoms with Crippen molar-refractivity contribution in [2.45, 2.75) is 32.2 Å². The molecule has 0 saturated carbocycles. The topological polar surface area (TPSA) is 59.6 Å². The predicted molar refractivity (Wildman–Crippen MR) is 97.1 cm³/mol. The van der Waals surface area contributed by atoms with Crippen molar-refractivity contribution in [3.63, 3.8) is 0 Å². The van der Waals surface area contributed by atoms with Gasteiger partial charge >= 0.3 is 0 Å². The van der Waals surface area contributed by atoms with E-state index in [2.05, 4.69) is 26.6 Å². The van der Waals surface area contributed by atoms with Gasteiger partial charge in [0.1, 0.15) is 0 Å². The van der Waals surface area contributed by atoms with Crippen molar-refractivity contribution in [1.29, 1.82) is 0 Å². The molecule has 1 saturated heterocycles. The summed E-state index contributed by atoms with van der Waals surface area (Å²) >= 11 is 3.47. The molecule has 1 atom stereocenters. The van der Waals surface area contributed by atoms with Gasteiger partial charge in [0.15, 0.2) is 11.5 Å². The fourth-order valence-electron chi connectivity index (χ4n) is 2.44. The number of halogens is 2. The zero-order valence-electron chi connectivity index (χ0n) is 13.5. The average Bonchev–Trinajstić information content (AvgIpc) is 2.54. The van der Waals surface area contributed by atoms with Gasteiger partial charge in [0.2, 0.25) is 0 Å². The minimum atomic E-state index is -0.0882. The van der Waals surface area contributed by atoms with Crippen LogP contribution in [0.5, 0.6) is 11.5 Å². The lowest BCUT2D eigenvalue weighted by atomic mass is 10.1. The van der Waals surface area contributed by atoms with E-state index in [9.17, 15) is 4.79 Å². The molecule has 1 aromatic rings. The third-order valence-electron chi connectivity index (χ3n) is 3.57. The molecule has 130 valence electrons. The summed E-state index contributed by atoms with van der Waals surface area (Å²) in [5.74, 6) is 1.12. The van der Waals surface area contributed by atoms with Crippen LogP contribution in [0.15, 0.2) is 16.6 Å². The zero-order valence-corrected chi connectivity index (χ0v) is 15.9. The molecule has 1 amide bonds. The molecule has 5 nitrogen and oxygen atoms in total. The largest absolute Gasteiger partial charge is 0.493 e. The summed E-state index contributed by atoms with van der Waals surface area (Å²) in [5, 5.41) is 6.35. The van der Waals surface area contributed by atoms with Crippen LogP contribution in [-0.4, -0.2) is 38.8 Å². The summed E-state index contributed by atoms with van der Waals surface area (Å²) in [7, 11) is 1.58. The Kier molecular flexibility index (Phi) is 8.73. The third kappa shape index (κ3) is 5.55. The average molecular weight is 408 g/mol. The Hall–Kier alpha value is -0.980. The molecule has 0 spiro atoms. The highest BCUT2D eigenvalue weighted by Crippen LogP contribution is 2.36. The van der Waals surface area contributed by atoms with E-state index < -0.39 is 0 Å². The second kappa shape index (κ2) is 10.0. The first-order valence-corrected chi connectivity index (χ1v) is 8.47. The summed E-state index contributed by atoms with van der Waals surface area (Å²) in [4.78, 5) is 12.4. The standard InChI is InChI=1S/C16H23BrN2O3.ClH/c1-3-7-22-15-13(17)8-11(9-14(15)21-2)16(20)19-12-5-4-6-18-10-12;/h8-9,12,18H,3-7,10H2,1-2H3,(H,19,20);1H/t12-;/m0./s1. The number of carbonyl (C=O) groups is 1. The van der Waals surface area contributed by atoms with Gasteiger partial charge < -0.3 is 20.1 Å². The van der Waals surface area contributed by atoms with E-state index in [0.29, 0.717) is 23.7 Å². The van der Waals surface area contributed by atoms with E-state index in [-0.39, 0.29) is 24.4 Å². The Morgan fingerprint density at radius 2 is 2.26 bits per heavy atom. The van der Waals surface area contributed by atoms with Gasteiger partial charge in [-0.15, -0.1) is 12.4 Å². The van der Waals surface area contributed by atoms with E-state index in [0.717, 1.165) is 36.8 Å². The van der Waals surface area contributed by atoms with Gasteiger partial charge in [-0.25, -0.2) is 0 Å². The van der Waals surface area contributed by atoms with Crippen LogP contribution in [-0.2, 0) is 0 Å². The van der Waals surface area contributed by atoms with Gasteiger partial charge in [-0.3, -0.25) is 4.79 Å². The molecule has 23 heavy (non-hydrogen) atoms. The van der Waals surface area contributed by atoms with Crippen LogP contribution in [0.3, 0.4) is 0 Å². The van der Waals surface area contributed by atoms with Crippen LogP contribution in [0.4, 0.5) is 0 Å². The maximum atomic E-state index is 12.4. The molecular weight excluding hydrogens is 384 g/mol. The first-order chi connectivity index (χ1) is 10.7.